The second-order valence-electron chi connectivity index (χ2n) is 16.1. The van der Waals surface area contributed by atoms with Crippen LogP contribution in [0.3, 0.4) is 0 Å². The van der Waals surface area contributed by atoms with E-state index in [2.05, 4.69) is 191 Å². The highest BCUT2D eigenvalue weighted by Gasteiger charge is 2.25. The Morgan fingerprint density at radius 3 is 1.41 bits per heavy atom. The van der Waals surface area contributed by atoms with Crippen molar-refractivity contribution in [3.63, 3.8) is 0 Å². The molecule has 0 radical (unpaired) electrons. The van der Waals surface area contributed by atoms with Crippen molar-refractivity contribution in [2.75, 3.05) is 0 Å². The molecule has 0 fully saturated rings. The number of aromatic nitrogens is 4. The first-order valence-electron chi connectivity index (χ1n) is 21.3. The van der Waals surface area contributed by atoms with Crippen molar-refractivity contribution in [2.24, 2.45) is 0 Å². The van der Waals surface area contributed by atoms with Crippen LogP contribution < -0.4 is 0 Å². The molecule has 0 aliphatic heterocycles. The summed E-state index contributed by atoms with van der Waals surface area (Å²) in [4.78, 5) is 10.5. The molecule has 0 aliphatic rings. The van der Waals surface area contributed by atoms with E-state index in [1.165, 1.54) is 32.6 Å². The van der Waals surface area contributed by atoms with E-state index in [0.717, 1.165) is 78.0 Å². The number of fused-ring (bicyclic) bond motifs is 9. The first-order chi connectivity index (χ1) is 31.3. The topological polar surface area (TPSA) is 48.8 Å². The smallest absolute Gasteiger partial charge is 0.180 e. The third-order valence-electron chi connectivity index (χ3n) is 12.5. The minimum absolute atomic E-state index is 0.649. The molecular weight excluding hydrogens is 769 g/mol. The van der Waals surface area contributed by atoms with Crippen LogP contribution in [-0.2, 0) is 0 Å². The molecular formula is C58H36N4O. The molecule has 0 spiro atoms. The fraction of sp³-hybridized carbons (Fsp3) is 0. The highest BCUT2D eigenvalue weighted by atomic mass is 16.3. The van der Waals surface area contributed by atoms with Crippen LogP contribution in [0.5, 0.6) is 0 Å². The van der Waals surface area contributed by atoms with E-state index in [4.69, 9.17) is 14.4 Å². The van der Waals surface area contributed by atoms with Crippen molar-refractivity contribution in [1.82, 2.24) is 19.1 Å². The fourth-order valence-electron chi connectivity index (χ4n) is 9.73. The van der Waals surface area contributed by atoms with Gasteiger partial charge in [0.1, 0.15) is 16.8 Å². The van der Waals surface area contributed by atoms with E-state index >= 15 is 0 Å². The molecule has 4 heterocycles. The summed E-state index contributed by atoms with van der Waals surface area (Å²) in [5.74, 6) is 0.649. The lowest BCUT2D eigenvalue weighted by Gasteiger charge is -2.21. The number of hydrogen-bond acceptors (Lipinski definition) is 3. The van der Waals surface area contributed by atoms with E-state index in [1.807, 2.05) is 36.4 Å². The van der Waals surface area contributed by atoms with Gasteiger partial charge in [0.2, 0.25) is 0 Å². The van der Waals surface area contributed by atoms with Crippen molar-refractivity contribution >= 4 is 65.7 Å². The minimum atomic E-state index is 0.649. The van der Waals surface area contributed by atoms with Gasteiger partial charge in [-0.1, -0.05) is 164 Å². The molecule has 0 unspecified atom stereocenters. The molecule has 5 nitrogen and oxygen atoms in total. The number of benzene rings is 9. The van der Waals surface area contributed by atoms with Gasteiger partial charge in [0.25, 0.3) is 0 Å². The Balaban J connectivity index is 1.16. The zero-order valence-corrected chi connectivity index (χ0v) is 34.0. The zero-order valence-electron chi connectivity index (χ0n) is 34.0. The van der Waals surface area contributed by atoms with E-state index in [1.54, 1.807) is 0 Å². The van der Waals surface area contributed by atoms with Gasteiger partial charge in [-0.3, -0.25) is 0 Å². The van der Waals surface area contributed by atoms with Gasteiger partial charge in [-0.05, 0) is 65.7 Å². The summed E-state index contributed by atoms with van der Waals surface area (Å²) < 4.78 is 11.6. The molecule has 4 aromatic heterocycles. The van der Waals surface area contributed by atoms with Crippen LogP contribution in [0.1, 0.15) is 0 Å². The Labute approximate surface area is 362 Å². The van der Waals surface area contributed by atoms with Crippen LogP contribution >= 0.6 is 0 Å². The van der Waals surface area contributed by atoms with Gasteiger partial charge in [-0.15, -0.1) is 0 Å². The van der Waals surface area contributed by atoms with Crippen molar-refractivity contribution < 1.29 is 4.42 Å². The summed E-state index contributed by atoms with van der Waals surface area (Å²) >= 11 is 0. The number of rotatable bonds is 6. The average Bonchev–Trinajstić information content (AvgIpc) is 4.02. The summed E-state index contributed by atoms with van der Waals surface area (Å²) in [5, 5.41) is 5.81. The first kappa shape index (κ1) is 35.2. The van der Waals surface area contributed by atoms with Crippen molar-refractivity contribution in [2.45, 2.75) is 0 Å². The highest BCUT2D eigenvalue weighted by molar-refractivity contribution is 6.13. The van der Waals surface area contributed by atoms with Gasteiger partial charge < -0.3 is 13.6 Å². The molecule has 5 heteroatoms. The lowest BCUT2D eigenvalue weighted by molar-refractivity contribution is 0.667. The molecule has 0 bridgehead atoms. The standard InChI is InChI=1S/C58H36N4O/c1-4-18-37(19-5-1)47-34-40(54-57-55(46-27-13-17-31-53(46)63-57)60-58(59-54)39-22-8-3-9-23-39)35-48(38-20-6-2-7-21-38)56(47)62-51-30-16-12-26-44(51)45-33-32-41(36-52(45)62)61-49-28-14-10-24-42(49)43-25-11-15-29-50(43)61/h1-36H. The van der Waals surface area contributed by atoms with Crippen molar-refractivity contribution in [3.05, 3.63) is 218 Å². The molecule has 0 aliphatic carbocycles. The normalized spacial score (nSPS) is 11.8. The van der Waals surface area contributed by atoms with Crippen LogP contribution in [0.15, 0.2) is 223 Å². The molecule has 0 saturated heterocycles. The predicted molar refractivity (Wildman–Crippen MR) is 260 cm³/mol. The molecule has 13 aromatic rings. The summed E-state index contributed by atoms with van der Waals surface area (Å²) in [6.45, 7) is 0. The van der Waals surface area contributed by atoms with Crippen LogP contribution in [0, 0.1) is 0 Å². The lowest BCUT2D eigenvalue weighted by Crippen LogP contribution is -2.03. The second-order valence-corrected chi connectivity index (χ2v) is 16.1. The van der Waals surface area contributed by atoms with Gasteiger partial charge in [-0.2, -0.15) is 0 Å². The summed E-state index contributed by atoms with van der Waals surface area (Å²) in [5.41, 5.74) is 16.0. The Bertz CT molecular complexity index is 3790. The Kier molecular flexibility index (Phi) is 7.84. The Morgan fingerprint density at radius 1 is 0.349 bits per heavy atom. The maximum absolute atomic E-state index is 6.71. The molecule has 0 atom stereocenters. The van der Waals surface area contributed by atoms with E-state index in [0.29, 0.717) is 11.4 Å². The van der Waals surface area contributed by atoms with Gasteiger partial charge in [0.15, 0.2) is 11.4 Å². The van der Waals surface area contributed by atoms with E-state index in [-0.39, 0.29) is 0 Å². The third kappa shape index (κ3) is 5.50. The molecule has 9 aromatic carbocycles. The molecule has 294 valence electrons. The minimum Gasteiger partial charge on any atom is -0.452 e. The van der Waals surface area contributed by atoms with Gasteiger partial charge in [0, 0.05) is 54.9 Å². The van der Waals surface area contributed by atoms with E-state index in [9.17, 15) is 0 Å². The largest absolute Gasteiger partial charge is 0.452 e. The Morgan fingerprint density at radius 2 is 0.825 bits per heavy atom. The van der Waals surface area contributed by atoms with E-state index < -0.39 is 0 Å². The number of nitrogens with zero attached hydrogens (tertiary/aromatic N) is 4. The molecule has 13 rings (SSSR count). The van der Waals surface area contributed by atoms with Crippen LogP contribution in [0.4, 0.5) is 0 Å². The zero-order chi connectivity index (χ0) is 41.4. The maximum atomic E-state index is 6.71. The molecule has 0 saturated carbocycles. The third-order valence-corrected chi connectivity index (χ3v) is 12.5. The van der Waals surface area contributed by atoms with Crippen LogP contribution in [0.2, 0.25) is 0 Å². The average molecular weight is 805 g/mol. The number of para-hydroxylation sites is 4. The van der Waals surface area contributed by atoms with Crippen LogP contribution in [-0.4, -0.2) is 19.1 Å². The van der Waals surface area contributed by atoms with Gasteiger partial charge in [-0.25, -0.2) is 9.97 Å². The van der Waals surface area contributed by atoms with Crippen molar-refractivity contribution in [1.29, 1.82) is 0 Å². The quantitative estimate of drug-likeness (QED) is 0.168. The molecule has 0 N–H and O–H groups in total. The van der Waals surface area contributed by atoms with Gasteiger partial charge >= 0.3 is 0 Å². The summed E-state index contributed by atoms with van der Waals surface area (Å²) in [7, 11) is 0. The summed E-state index contributed by atoms with van der Waals surface area (Å²) in [6.07, 6.45) is 0. The SMILES string of the molecule is c1ccc(-c2nc(-c3cc(-c4ccccc4)c(-n4c5ccccc5c5ccc(-n6c7ccccc7c7ccccc76)cc54)c(-c4ccccc4)c3)c3oc4ccccc4c3n2)cc1. The van der Waals surface area contributed by atoms with Gasteiger partial charge in [0.05, 0.1) is 27.8 Å². The number of hydrogen-bond donors (Lipinski definition) is 0. The maximum Gasteiger partial charge on any atom is 0.180 e. The Hall–Kier alpha value is -8.54. The highest BCUT2D eigenvalue weighted by Crippen LogP contribution is 2.46. The van der Waals surface area contributed by atoms with Crippen molar-refractivity contribution in [3.8, 4) is 56.3 Å². The molecule has 0 amide bonds. The number of furan rings is 1. The fourth-order valence-corrected chi connectivity index (χ4v) is 9.73. The second kappa shape index (κ2) is 14.0. The monoisotopic (exact) mass is 804 g/mol. The first-order valence-corrected chi connectivity index (χ1v) is 21.3. The van der Waals surface area contributed by atoms with Crippen LogP contribution in [0.25, 0.3) is 122 Å². The lowest BCUT2D eigenvalue weighted by atomic mass is 9.91. The molecule has 63 heavy (non-hydrogen) atoms. The summed E-state index contributed by atoms with van der Waals surface area (Å²) in [6, 6.07) is 77.6. The predicted octanol–water partition coefficient (Wildman–Crippen LogP) is 15.2.